The SMILES string of the molecule is CCCCCCC(C=CCCCCCCCCC(=O)O)OO. The Morgan fingerprint density at radius 1 is 1.00 bits per heavy atom. The van der Waals surface area contributed by atoms with Crippen LogP contribution in [0.15, 0.2) is 12.2 Å². The molecule has 0 spiro atoms. The number of unbranched alkanes of at least 4 members (excludes halogenated alkanes) is 9. The number of aliphatic carboxylic acids is 1. The predicted molar refractivity (Wildman–Crippen MR) is 90.0 cm³/mol. The van der Waals surface area contributed by atoms with Crippen LogP contribution >= 0.6 is 0 Å². The van der Waals surface area contributed by atoms with E-state index in [2.05, 4.69) is 17.9 Å². The van der Waals surface area contributed by atoms with Crippen molar-refractivity contribution >= 4 is 5.97 Å². The van der Waals surface area contributed by atoms with E-state index in [0.717, 1.165) is 44.9 Å². The number of carbonyl (C=O) groups is 1. The molecule has 130 valence electrons. The van der Waals surface area contributed by atoms with Gasteiger partial charge < -0.3 is 5.11 Å². The lowest BCUT2D eigenvalue weighted by Gasteiger charge is -2.08. The zero-order chi connectivity index (χ0) is 16.5. The maximum absolute atomic E-state index is 10.3. The lowest BCUT2D eigenvalue weighted by Crippen LogP contribution is -2.06. The fourth-order valence-electron chi connectivity index (χ4n) is 2.45. The van der Waals surface area contributed by atoms with Gasteiger partial charge in [0.15, 0.2) is 0 Å². The van der Waals surface area contributed by atoms with Gasteiger partial charge in [-0.2, -0.15) is 0 Å². The summed E-state index contributed by atoms with van der Waals surface area (Å²) in [6.07, 6.45) is 17.3. The van der Waals surface area contributed by atoms with Crippen LogP contribution in [0.25, 0.3) is 0 Å². The highest BCUT2D eigenvalue weighted by Gasteiger charge is 2.03. The van der Waals surface area contributed by atoms with Crippen LogP contribution in [-0.2, 0) is 9.68 Å². The van der Waals surface area contributed by atoms with E-state index >= 15 is 0 Å². The molecule has 1 unspecified atom stereocenters. The second-order valence-corrected chi connectivity index (χ2v) is 5.98. The van der Waals surface area contributed by atoms with Gasteiger partial charge in [-0.3, -0.25) is 10.1 Å². The van der Waals surface area contributed by atoms with Crippen molar-refractivity contribution in [2.24, 2.45) is 0 Å². The summed E-state index contributed by atoms with van der Waals surface area (Å²) in [5.41, 5.74) is 0. The summed E-state index contributed by atoms with van der Waals surface area (Å²) < 4.78 is 0. The highest BCUT2D eigenvalue weighted by atomic mass is 17.1. The fourth-order valence-corrected chi connectivity index (χ4v) is 2.45. The summed E-state index contributed by atoms with van der Waals surface area (Å²) in [6, 6.07) is 0. The number of carboxylic acids is 1. The van der Waals surface area contributed by atoms with Gasteiger partial charge in [0, 0.05) is 6.42 Å². The number of carboxylic acid groups (broad SMARTS) is 1. The molecule has 4 nitrogen and oxygen atoms in total. The first-order valence-corrected chi connectivity index (χ1v) is 8.89. The van der Waals surface area contributed by atoms with Crippen LogP contribution in [0.2, 0.25) is 0 Å². The first kappa shape index (κ1) is 21.1. The van der Waals surface area contributed by atoms with E-state index in [1.165, 1.54) is 32.1 Å². The average molecular weight is 314 g/mol. The largest absolute Gasteiger partial charge is 0.481 e. The van der Waals surface area contributed by atoms with Crippen LogP contribution in [0.1, 0.15) is 90.4 Å². The van der Waals surface area contributed by atoms with Gasteiger partial charge in [-0.1, -0.05) is 70.4 Å². The van der Waals surface area contributed by atoms with Crippen molar-refractivity contribution in [1.29, 1.82) is 0 Å². The molecule has 0 saturated heterocycles. The third-order valence-corrected chi connectivity index (χ3v) is 3.84. The molecular weight excluding hydrogens is 280 g/mol. The van der Waals surface area contributed by atoms with Gasteiger partial charge in [0.25, 0.3) is 0 Å². The van der Waals surface area contributed by atoms with Gasteiger partial charge >= 0.3 is 5.97 Å². The maximum atomic E-state index is 10.3. The summed E-state index contributed by atoms with van der Waals surface area (Å²) in [4.78, 5) is 14.8. The fraction of sp³-hybridized carbons (Fsp3) is 0.833. The molecule has 4 heteroatoms. The molecule has 0 aromatic rings. The van der Waals surface area contributed by atoms with Gasteiger partial charge in [-0.15, -0.1) is 0 Å². The Balaban J connectivity index is 3.41. The van der Waals surface area contributed by atoms with Crippen molar-refractivity contribution in [2.75, 3.05) is 0 Å². The molecule has 1 atom stereocenters. The van der Waals surface area contributed by atoms with Gasteiger partial charge in [0.05, 0.1) is 0 Å². The summed E-state index contributed by atoms with van der Waals surface area (Å²) >= 11 is 0. The molecule has 0 aliphatic heterocycles. The molecule has 22 heavy (non-hydrogen) atoms. The monoisotopic (exact) mass is 314 g/mol. The lowest BCUT2D eigenvalue weighted by molar-refractivity contribution is -0.267. The van der Waals surface area contributed by atoms with Crippen LogP contribution in [-0.4, -0.2) is 22.4 Å². The third kappa shape index (κ3) is 15.5. The first-order valence-electron chi connectivity index (χ1n) is 8.89. The molecule has 0 aromatic heterocycles. The van der Waals surface area contributed by atoms with Gasteiger partial charge in [-0.25, -0.2) is 4.89 Å². The van der Waals surface area contributed by atoms with Crippen LogP contribution in [0.4, 0.5) is 0 Å². The summed E-state index contributed by atoms with van der Waals surface area (Å²) in [6.45, 7) is 2.19. The molecular formula is C18H34O4. The zero-order valence-electron chi connectivity index (χ0n) is 14.1. The second kappa shape index (κ2) is 16.5. The number of hydrogen-bond acceptors (Lipinski definition) is 3. The van der Waals surface area contributed by atoms with Crippen LogP contribution < -0.4 is 0 Å². The van der Waals surface area contributed by atoms with Gasteiger partial charge in [0.2, 0.25) is 0 Å². The van der Waals surface area contributed by atoms with Crippen molar-refractivity contribution in [3.8, 4) is 0 Å². The number of allylic oxidation sites excluding steroid dienone is 1. The molecule has 2 N–H and O–H groups in total. The Morgan fingerprint density at radius 2 is 1.64 bits per heavy atom. The Bertz CT molecular complexity index is 276. The van der Waals surface area contributed by atoms with E-state index in [-0.39, 0.29) is 6.10 Å². The average Bonchev–Trinajstić information content (AvgIpc) is 2.50. The standard InChI is InChI=1S/C18H34O4/c1-2-3-4-11-14-17(22-21)15-12-9-7-5-6-8-10-13-16-18(19)20/h12,15,17,21H,2-11,13-14,16H2,1H3,(H,19,20). The smallest absolute Gasteiger partial charge is 0.303 e. The van der Waals surface area contributed by atoms with Crippen LogP contribution in [0, 0.1) is 0 Å². The van der Waals surface area contributed by atoms with E-state index in [1.807, 2.05) is 6.08 Å². The van der Waals surface area contributed by atoms with Crippen molar-refractivity contribution in [1.82, 2.24) is 0 Å². The van der Waals surface area contributed by atoms with Crippen LogP contribution in [0.5, 0.6) is 0 Å². The summed E-state index contributed by atoms with van der Waals surface area (Å²) in [5, 5.41) is 17.4. The van der Waals surface area contributed by atoms with Crippen molar-refractivity contribution in [3.63, 3.8) is 0 Å². The molecule has 0 rings (SSSR count). The Labute approximate surface area is 135 Å². The molecule has 0 amide bonds. The molecule has 0 radical (unpaired) electrons. The minimum atomic E-state index is -0.694. The van der Waals surface area contributed by atoms with E-state index in [0.29, 0.717) is 6.42 Å². The van der Waals surface area contributed by atoms with Crippen molar-refractivity contribution < 1.29 is 20.0 Å². The molecule has 0 fully saturated rings. The molecule has 0 heterocycles. The lowest BCUT2D eigenvalue weighted by atomic mass is 10.1. The van der Waals surface area contributed by atoms with Gasteiger partial charge in [0.1, 0.15) is 6.10 Å². The van der Waals surface area contributed by atoms with E-state index in [1.54, 1.807) is 0 Å². The quantitative estimate of drug-likeness (QED) is 0.169. The Hall–Kier alpha value is -0.870. The van der Waals surface area contributed by atoms with Gasteiger partial charge in [-0.05, 0) is 25.7 Å². The topological polar surface area (TPSA) is 66.8 Å². The minimum Gasteiger partial charge on any atom is -0.481 e. The molecule has 0 bridgehead atoms. The van der Waals surface area contributed by atoms with Crippen LogP contribution in [0.3, 0.4) is 0 Å². The van der Waals surface area contributed by atoms with E-state index in [4.69, 9.17) is 10.4 Å². The summed E-state index contributed by atoms with van der Waals surface area (Å²) in [7, 11) is 0. The molecule has 0 aromatic carbocycles. The van der Waals surface area contributed by atoms with E-state index < -0.39 is 5.97 Å². The Kier molecular flexibility index (Phi) is 15.8. The van der Waals surface area contributed by atoms with Crippen molar-refractivity contribution in [2.45, 2.75) is 96.5 Å². The predicted octanol–water partition coefficient (Wildman–Crippen LogP) is 5.58. The maximum Gasteiger partial charge on any atom is 0.303 e. The Morgan fingerprint density at radius 3 is 2.27 bits per heavy atom. The number of rotatable bonds is 16. The summed E-state index contributed by atoms with van der Waals surface area (Å²) in [5.74, 6) is -0.694. The molecule has 0 aliphatic rings. The third-order valence-electron chi connectivity index (χ3n) is 3.84. The van der Waals surface area contributed by atoms with E-state index in [9.17, 15) is 4.79 Å². The minimum absolute atomic E-state index is 0.159. The molecule has 0 aliphatic carbocycles. The highest BCUT2D eigenvalue weighted by molar-refractivity contribution is 5.66. The normalized spacial score (nSPS) is 12.8. The van der Waals surface area contributed by atoms with Crippen molar-refractivity contribution in [3.05, 3.63) is 12.2 Å². The highest BCUT2D eigenvalue weighted by Crippen LogP contribution is 2.11. The first-order chi connectivity index (χ1) is 10.7. The second-order valence-electron chi connectivity index (χ2n) is 5.98. The molecule has 0 saturated carbocycles. The zero-order valence-corrected chi connectivity index (χ0v) is 14.1. The number of hydrogen-bond donors (Lipinski definition) is 2.